The first-order valence-corrected chi connectivity index (χ1v) is 9.78. The highest BCUT2D eigenvalue weighted by atomic mass is 32.1. The Morgan fingerprint density at radius 2 is 2.00 bits per heavy atom. The molecule has 1 aromatic carbocycles. The highest BCUT2D eigenvalue weighted by Gasteiger charge is 2.14. The van der Waals surface area contributed by atoms with Crippen LogP contribution in [0.1, 0.15) is 10.6 Å². The summed E-state index contributed by atoms with van der Waals surface area (Å²) in [6.07, 6.45) is 4.36. The number of oxazole rings is 1. The lowest BCUT2D eigenvalue weighted by Crippen LogP contribution is -2.36. The average molecular weight is 388 g/mol. The molecule has 3 heterocycles. The van der Waals surface area contributed by atoms with Crippen molar-refractivity contribution in [1.29, 1.82) is 0 Å². The summed E-state index contributed by atoms with van der Waals surface area (Å²) in [4.78, 5) is 12.5. The maximum Gasteiger partial charge on any atom is 0.226 e. The second-order valence-electron chi connectivity index (χ2n) is 6.29. The summed E-state index contributed by atoms with van der Waals surface area (Å²) < 4.78 is 23.9. The first-order chi connectivity index (χ1) is 13.3. The molecule has 8 heteroatoms. The number of aromatic nitrogens is 2. The van der Waals surface area contributed by atoms with Gasteiger partial charge in [-0.3, -0.25) is 0 Å². The molecule has 0 saturated carbocycles. The minimum absolute atomic E-state index is 0.269. The van der Waals surface area contributed by atoms with Gasteiger partial charge < -0.3 is 19.4 Å². The van der Waals surface area contributed by atoms with E-state index < -0.39 is 0 Å². The van der Waals surface area contributed by atoms with Crippen LogP contribution in [0.2, 0.25) is 0 Å². The molecule has 0 unspecified atom stereocenters. The molecule has 1 N–H and O–H groups in total. The minimum atomic E-state index is -0.269. The summed E-state index contributed by atoms with van der Waals surface area (Å²) in [6.45, 7) is 4.92. The zero-order valence-corrected chi connectivity index (χ0v) is 15.7. The monoisotopic (exact) mass is 388 g/mol. The number of rotatable bonds is 7. The van der Waals surface area contributed by atoms with E-state index in [9.17, 15) is 4.39 Å². The maximum atomic E-state index is 13.0. The van der Waals surface area contributed by atoms with Crippen LogP contribution in [0.4, 0.5) is 9.52 Å². The molecule has 4 rings (SSSR count). The average Bonchev–Trinajstić information content (AvgIpc) is 3.36. The molecule has 2 aromatic heterocycles. The SMILES string of the molecule is Fc1ccc(-c2nc(CCNCc3cnc(N4CCOCC4)s3)co2)cc1. The number of nitrogens with one attached hydrogen (secondary N) is 1. The van der Waals surface area contributed by atoms with Crippen molar-refractivity contribution in [1.82, 2.24) is 15.3 Å². The van der Waals surface area contributed by atoms with E-state index in [0.29, 0.717) is 5.89 Å². The zero-order valence-electron chi connectivity index (χ0n) is 14.9. The van der Waals surface area contributed by atoms with Crippen molar-refractivity contribution in [3.63, 3.8) is 0 Å². The van der Waals surface area contributed by atoms with Crippen molar-refractivity contribution >= 4 is 16.5 Å². The number of halogens is 1. The third-order valence-corrected chi connectivity index (χ3v) is 5.38. The molecule has 0 aliphatic carbocycles. The Kier molecular flexibility index (Phi) is 5.76. The molecule has 1 fully saturated rings. The molecule has 3 aromatic rings. The van der Waals surface area contributed by atoms with Crippen LogP contribution in [0.25, 0.3) is 11.5 Å². The summed E-state index contributed by atoms with van der Waals surface area (Å²) in [5.41, 5.74) is 1.65. The van der Waals surface area contributed by atoms with Crippen LogP contribution in [-0.4, -0.2) is 42.8 Å². The van der Waals surface area contributed by atoms with Crippen LogP contribution < -0.4 is 10.2 Å². The molecule has 1 aliphatic rings. The van der Waals surface area contributed by atoms with E-state index in [0.717, 1.165) is 62.2 Å². The molecule has 1 aliphatic heterocycles. The van der Waals surface area contributed by atoms with E-state index in [1.54, 1.807) is 29.7 Å². The molecule has 0 atom stereocenters. The van der Waals surface area contributed by atoms with Gasteiger partial charge in [0, 0.05) is 49.2 Å². The molecule has 1 saturated heterocycles. The second kappa shape index (κ2) is 8.60. The molecular weight excluding hydrogens is 367 g/mol. The predicted molar refractivity (Wildman–Crippen MR) is 102 cm³/mol. The fourth-order valence-corrected chi connectivity index (χ4v) is 3.79. The number of benzene rings is 1. The van der Waals surface area contributed by atoms with Crippen molar-refractivity contribution < 1.29 is 13.5 Å². The molecule has 0 bridgehead atoms. The third kappa shape index (κ3) is 4.71. The van der Waals surface area contributed by atoms with Crippen LogP contribution in [0, 0.1) is 5.82 Å². The number of thiazole rings is 1. The number of anilines is 1. The molecule has 6 nitrogen and oxygen atoms in total. The molecule has 27 heavy (non-hydrogen) atoms. The van der Waals surface area contributed by atoms with E-state index in [1.165, 1.54) is 17.0 Å². The Morgan fingerprint density at radius 1 is 1.19 bits per heavy atom. The van der Waals surface area contributed by atoms with Gasteiger partial charge in [-0.15, -0.1) is 11.3 Å². The fourth-order valence-electron chi connectivity index (χ4n) is 2.85. The van der Waals surface area contributed by atoms with Gasteiger partial charge in [-0.2, -0.15) is 0 Å². The van der Waals surface area contributed by atoms with Gasteiger partial charge in [0.15, 0.2) is 5.13 Å². The zero-order chi connectivity index (χ0) is 18.5. The van der Waals surface area contributed by atoms with E-state index in [-0.39, 0.29) is 5.82 Å². The molecule has 0 amide bonds. The van der Waals surface area contributed by atoms with Crippen molar-refractivity contribution in [2.75, 3.05) is 37.7 Å². The van der Waals surface area contributed by atoms with Crippen LogP contribution in [-0.2, 0) is 17.7 Å². The number of hydrogen-bond acceptors (Lipinski definition) is 7. The number of hydrogen-bond donors (Lipinski definition) is 1. The highest BCUT2D eigenvalue weighted by molar-refractivity contribution is 7.15. The predicted octanol–water partition coefficient (Wildman–Crippen LogP) is 3.11. The van der Waals surface area contributed by atoms with Gasteiger partial charge in [0.2, 0.25) is 5.89 Å². The van der Waals surface area contributed by atoms with Crippen molar-refractivity contribution in [2.45, 2.75) is 13.0 Å². The molecule has 142 valence electrons. The van der Waals surface area contributed by atoms with E-state index in [1.807, 2.05) is 6.20 Å². The van der Waals surface area contributed by atoms with E-state index in [2.05, 4.69) is 20.2 Å². The normalized spacial score (nSPS) is 14.6. The Balaban J connectivity index is 1.23. The van der Waals surface area contributed by atoms with Crippen molar-refractivity contribution in [2.24, 2.45) is 0 Å². The Labute approximate surface area is 161 Å². The van der Waals surface area contributed by atoms with Gasteiger partial charge >= 0.3 is 0 Å². The second-order valence-corrected chi connectivity index (χ2v) is 7.38. The largest absolute Gasteiger partial charge is 0.444 e. The molecule has 0 radical (unpaired) electrons. The van der Waals surface area contributed by atoms with Crippen LogP contribution in [0.5, 0.6) is 0 Å². The van der Waals surface area contributed by atoms with Crippen LogP contribution in [0.3, 0.4) is 0 Å². The summed E-state index contributed by atoms with van der Waals surface area (Å²) in [6, 6.07) is 6.14. The van der Waals surface area contributed by atoms with Gasteiger partial charge in [-0.05, 0) is 24.3 Å². The number of morpholine rings is 1. The lowest BCUT2D eigenvalue weighted by atomic mass is 10.2. The standard InChI is InChI=1S/C19H21FN4O2S/c20-15-3-1-14(2-4-15)18-23-16(13-26-18)5-6-21-11-17-12-22-19(27-17)24-7-9-25-10-8-24/h1-4,12-13,21H,5-11H2. The lowest BCUT2D eigenvalue weighted by Gasteiger charge is -2.25. The van der Waals surface area contributed by atoms with Crippen molar-refractivity contribution in [3.8, 4) is 11.5 Å². The lowest BCUT2D eigenvalue weighted by molar-refractivity contribution is 0.122. The number of ether oxygens (including phenoxy) is 1. The fraction of sp³-hybridized carbons (Fsp3) is 0.368. The van der Waals surface area contributed by atoms with Crippen molar-refractivity contribution in [3.05, 3.63) is 53.1 Å². The van der Waals surface area contributed by atoms with Gasteiger partial charge in [-0.25, -0.2) is 14.4 Å². The quantitative estimate of drug-likeness (QED) is 0.628. The van der Waals surface area contributed by atoms with Gasteiger partial charge in [0.25, 0.3) is 0 Å². The van der Waals surface area contributed by atoms with Gasteiger partial charge in [-0.1, -0.05) is 0 Å². The Morgan fingerprint density at radius 3 is 2.81 bits per heavy atom. The highest BCUT2D eigenvalue weighted by Crippen LogP contribution is 2.23. The number of nitrogens with zero attached hydrogens (tertiary/aromatic N) is 3. The van der Waals surface area contributed by atoms with Gasteiger partial charge in [0.1, 0.15) is 12.1 Å². The summed E-state index contributed by atoms with van der Waals surface area (Å²) in [7, 11) is 0. The third-order valence-electron chi connectivity index (χ3n) is 4.32. The summed E-state index contributed by atoms with van der Waals surface area (Å²) in [5.74, 6) is 0.247. The van der Waals surface area contributed by atoms with E-state index in [4.69, 9.17) is 9.15 Å². The first-order valence-electron chi connectivity index (χ1n) is 8.96. The van der Waals surface area contributed by atoms with Crippen LogP contribution in [0.15, 0.2) is 41.1 Å². The smallest absolute Gasteiger partial charge is 0.226 e. The van der Waals surface area contributed by atoms with E-state index >= 15 is 0 Å². The Hall–Kier alpha value is -2.29. The molecular formula is C19H21FN4O2S. The van der Waals surface area contributed by atoms with Gasteiger partial charge in [0.05, 0.1) is 18.9 Å². The Bertz CT molecular complexity index is 859. The maximum absolute atomic E-state index is 13.0. The minimum Gasteiger partial charge on any atom is -0.444 e. The molecule has 0 spiro atoms. The topological polar surface area (TPSA) is 63.4 Å². The first kappa shape index (κ1) is 18.1. The summed E-state index contributed by atoms with van der Waals surface area (Å²) >= 11 is 1.72. The van der Waals surface area contributed by atoms with Crippen LogP contribution >= 0.6 is 11.3 Å². The summed E-state index contributed by atoms with van der Waals surface area (Å²) in [5, 5.41) is 4.48.